The van der Waals surface area contributed by atoms with E-state index in [4.69, 9.17) is 10.8 Å². The van der Waals surface area contributed by atoms with Crippen LogP contribution in [0.2, 0.25) is 0 Å². The van der Waals surface area contributed by atoms with Gasteiger partial charge in [-0.15, -0.1) is 0 Å². The summed E-state index contributed by atoms with van der Waals surface area (Å²) in [6.07, 6.45) is 1.75. The summed E-state index contributed by atoms with van der Waals surface area (Å²) in [6.45, 7) is 3.64. The number of nitrogens with two attached hydrogens (primary N) is 1. The Kier molecular flexibility index (Phi) is 2.93. The van der Waals surface area contributed by atoms with E-state index in [1.807, 2.05) is 6.92 Å². The largest absolute Gasteiger partial charge is 0.394 e. The molecule has 0 aromatic carbocycles. The molecule has 1 saturated carbocycles. The third-order valence-corrected chi connectivity index (χ3v) is 2.75. The van der Waals surface area contributed by atoms with Crippen LogP contribution in [-0.2, 0) is 4.79 Å². The Balaban J connectivity index is 2.41. The Morgan fingerprint density at radius 1 is 1.62 bits per heavy atom. The first-order chi connectivity index (χ1) is 6.01. The highest BCUT2D eigenvalue weighted by Gasteiger charge is 2.44. The van der Waals surface area contributed by atoms with E-state index in [0.29, 0.717) is 0 Å². The molecule has 4 heteroatoms. The summed E-state index contributed by atoms with van der Waals surface area (Å²) in [5.41, 5.74) is 5.28. The monoisotopic (exact) mass is 186 g/mol. The molecule has 0 aliphatic heterocycles. The molecule has 1 fully saturated rings. The van der Waals surface area contributed by atoms with Crippen LogP contribution in [0.5, 0.6) is 0 Å². The van der Waals surface area contributed by atoms with Crippen LogP contribution in [0.3, 0.4) is 0 Å². The highest BCUT2D eigenvalue weighted by Crippen LogP contribution is 2.34. The third kappa shape index (κ3) is 2.42. The molecule has 76 valence electrons. The van der Waals surface area contributed by atoms with Crippen molar-refractivity contribution in [2.75, 3.05) is 6.61 Å². The quantitative estimate of drug-likeness (QED) is 0.559. The number of aliphatic hydroxyl groups excluding tert-OH is 1. The van der Waals surface area contributed by atoms with Crippen molar-refractivity contribution in [3.8, 4) is 0 Å². The number of amides is 1. The van der Waals surface area contributed by atoms with Crippen molar-refractivity contribution in [1.82, 2.24) is 5.32 Å². The van der Waals surface area contributed by atoms with Gasteiger partial charge in [0.25, 0.3) is 0 Å². The lowest BCUT2D eigenvalue weighted by atomic mass is 10.0. The fourth-order valence-corrected chi connectivity index (χ4v) is 1.09. The lowest BCUT2D eigenvalue weighted by molar-refractivity contribution is -0.126. The normalized spacial score (nSPS) is 23.4. The Morgan fingerprint density at radius 3 is 2.46 bits per heavy atom. The van der Waals surface area contributed by atoms with Gasteiger partial charge in [-0.05, 0) is 19.8 Å². The summed E-state index contributed by atoms with van der Waals surface area (Å²) >= 11 is 0. The van der Waals surface area contributed by atoms with Gasteiger partial charge in [0.05, 0.1) is 12.1 Å². The molecule has 0 spiro atoms. The van der Waals surface area contributed by atoms with Gasteiger partial charge in [0.15, 0.2) is 0 Å². The van der Waals surface area contributed by atoms with E-state index in [1.165, 1.54) is 0 Å². The molecule has 0 saturated heterocycles. The van der Waals surface area contributed by atoms with Crippen molar-refractivity contribution in [2.45, 2.75) is 38.3 Å². The fraction of sp³-hybridized carbons (Fsp3) is 0.889. The topological polar surface area (TPSA) is 75.4 Å². The number of carbonyl (C=O) groups is 1. The van der Waals surface area contributed by atoms with Crippen molar-refractivity contribution in [3.05, 3.63) is 0 Å². The van der Waals surface area contributed by atoms with Gasteiger partial charge >= 0.3 is 0 Å². The fourth-order valence-electron chi connectivity index (χ4n) is 1.09. The second-order valence-corrected chi connectivity index (χ2v) is 4.08. The number of carbonyl (C=O) groups excluding carboxylic acids is 1. The van der Waals surface area contributed by atoms with Crippen LogP contribution < -0.4 is 11.1 Å². The van der Waals surface area contributed by atoms with E-state index in [-0.39, 0.29) is 30.0 Å². The smallest absolute Gasteiger partial charge is 0.224 e. The maximum atomic E-state index is 11.5. The predicted octanol–water partition coefficient (Wildman–Crippen LogP) is -0.389. The summed E-state index contributed by atoms with van der Waals surface area (Å²) in [6, 6.07) is -0.144. The minimum Gasteiger partial charge on any atom is -0.394 e. The lowest BCUT2D eigenvalue weighted by Gasteiger charge is -2.20. The Morgan fingerprint density at radius 2 is 2.15 bits per heavy atom. The number of rotatable bonds is 4. The minimum absolute atomic E-state index is 0.0322. The van der Waals surface area contributed by atoms with Crippen molar-refractivity contribution in [3.63, 3.8) is 0 Å². The third-order valence-electron chi connectivity index (χ3n) is 2.75. The van der Waals surface area contributed by atoms with E-state index in [1.54, 1.807) is 6.92 Å². The Bertz CT molecular complexity index is 200. The molecule has 1 amide bonds. The maximum Gasteiger partial charge on any atom is 0.224 e. The van der Waals surface area contributed by atoms with Crippen LogP contribution >= 0.6 is 0 Å². The van der Waals surface area contributed by atoms with Gasteiger partial charge in [-0.1, -0.05) is 6.92 Å². The molecule has 0 aromatic heterocycles. The average Bonchev–Trinajstić information content (AvgIpc) is 2.84. The van der Waals surface area contributed by atoms with Gasteiger partial charge < -0.3 is 16.2 Å². The van der Waals surface area contributed by atoms with Crippen LogP contribution in [-0.4, -0.2) is 29.2 Å². The van der Waals surface area contributed by atoms with Gasteiger partial charge in [0, 0.05) is 12.0 Å². The zero-order chi connectivity index (χ0) is 10.1. The first-order valence-electron chi connectivity index (χ1n) is 4.69. The second-order valence-electron chi connectivity index (χ2n) is 4.08. The maximum absolute atomic E-state index is 11.5. The summed E-state index contributed by atoms with van der Waals surface area (Å²) < 4.78 is 0. The first-order valence-corrected chi connectivity index (χ1v) is 4.69. The molecule has 13 heavy (non-hydrogen) atoms. The van der Waals surface area contributed by atoms with Crippen molar-refractivity contribution in [2.24, 2.45) is 11.7 Å². The van der Waals surface area contributed by atoms with Crippen molar-refractivity contribution in [1.29, 1.82) is 0 Å². The molecular weight excluding hydrogens is 168 g/mol. The standard InChI is InChI=1S/C9H18N2O2/c1-6(7(2)10)8(13)11-9(5-12)3-4-9/h6-7,12H,3-5,10H2,1-2H3,(H,11,13). The SMILES string of the molecule is CC(N)C(C)C(=O)NC1(CO)CC1. The van der Waals surface area contributed by atoms with Gasteiger partial charge in [-0.2, -0.15) is 0 Å². The molecule has 1 aliphatic rings. The summed E-state index contributed by atoms with van der Waals surface area (Å²) in [5.74, 6) is -0.245. The molecule has 4 nitrogen and oxygen atoms in total. The number of aliphatic hydroxyl groups is 1. The molecule has 0 aromatic rings. The lowest BCUT2D eigenvalue weighted by Crippen LogP contribution is -2.46. The molecule has 2 unspecified atom stereocenters. The minimum atomic E-state index is -0.319. The van der Waals surface area contributed by atoms with Crippen molar-refractivity contribution >= 4 is 5.91 Å². The zero-order valence-electron chi connectivity index (χ0n) is 8.21. The summed E-state index contributed by atoms with van der Waals surface area (Å²) in [4.78, 5) is 11.5. The molecule has 0 heterocycles. The second kappa shape index (κ2) is 3.64. The Hall–Kier alpha value is -0.610. The first kappa shape index (κ1) is 10.5. The molecule has 1 aliphatic carbocycles. The predicted molar refractivity (Wildman–Crippen MR) is 50.0 cm³/mol. The van der Waals surface area contributed by atoms with E-state index in [0.717, 1.165) is 12.8 Å². The zero-order valence-corrected chi connectivity index (χ0v) is 8.21. The van der Waals surface area contributed by atoms with E-state index in [9.17, 15) is 4.79 Å². The van der Waals surface area contributed by atoms with Gasteiger partial charge in [-0.25, -0.2) is 0 Å². The van der Waals surface area contributed by atoms with Crippen LogP contribution in [0.4, 0.5) is 0 Å². The molecule has 2 atom stereocenters. The van der Waals surface area contributed by atoms with Crippen molar-refractivity contribution < 1.29 is 9.90 Å². The number of hydrogen-bond donors (Lipinski definition) is 3. The van der Waals surface area contributed by atoms with Gasteiger partial charge in [0.1, 0.15) is 0 Å². The molecule has 0 bridgehead atoms. The van der Waals surface area contributed by atoms with Crippen LogP contribution in [0, 0.1) is 5.92 Å². The highest BCUT2D eigenvalue weighted by molar-refractivity contribution is 5.80. The summed E-state index contributed by atoms with van der Waals surface area (Å²) in [7, 11) is 0. The Labute approximate surface area is 78.5 Å². The molecule has 4 N–H and O–H groups in total. The van der Waals surface area contributed by atoms with E-state index in [2.05, 4.69) is 5.32 Å². The van der Waals surface area contributed by atoms with Crippen LogP contribution in [0.1, 0.15) is 26.7 Å². The summed E-state index contributed by atoms with van der Waals surface area (Å²) in [5, 5.41) is 11.8. The molecule has 0 radical (unpaired) electrons. The van der Waals surface area contributed by atoms with Gasteiger partial charge in [-0.3, -0.25) is 4.79 Å². The van der Waals surface area contributed by atoms with Crippen LogP contribution in [0.25, 0.3) is 0 Å². The van der Waals surface area contributed by atoms with E-state index < -0.39 is 0 Å². The highest BCUT2D eigenvalue weighted by atomic mass is 16.3. The average molecular weight is 186 g/mol. The molecular formula is C9H18N2O2. The molecule has 1 rings (SSSR count). The van der Waals surface area contributed by atoms with E-state index >= 15 is 0 Å². The van der Waals surface area contributed by atoms with Gasteiger partial charge in [0.2, 0.25) is 5.91 Å². The number of hydrogen-bond acceptors (Lipinski definition) is 3. The number of nitrogens with one attached hydrogen (secondary N) is 1. The van der Waals surface area contributed by atoms with Crippen LogP contribution in [0.15, 0.2) is 0 Å².